The van der Waals surface area contributed by atoms with Crippen LogP contribution in [0.4, 0.5) is 0 Å². The van der Waals surface area contributed by atoms with Gasteiger partial charge in [0.05, 0.1) is 12.0 Å². The molecule has 166 valence electrons. The number of hydrogen-bond donors (Lipinski definition) is 1. The second-order valence-corrected chi connectivity index (χ2v) is 12.3. The van der Waals surface area contributed by atoms with E-state index in [1.165, 1.54) is 15.6 Å². The number of rotatable bonds is 8. The van der Waals surface area contributed by atoms with E-state index in [1.54, 1.807) is 50.6 Å². The van der Waals surface area contributed by atoms with E-state index in [9.17, 15) is 16.8 Å². The lowest BCUT2D eigenvalue weighted by atomic mass is 10.0. The number of ether oxygens (including phenoxy) is 1. The number of methoxy groups -OCH3 is 1. The Morgan fingerprint density at radius 3 is 2.47 bits per heavy atom. The largest absolute Gasteiger partial charge is 0.496 e. The standard InChI is InChI=1S/C20H28N2O5S3/c1-15-13-18(14-16(2)20(15)27-3)29(23,24)21-10-9-17-7-4-5-11-22(17)30(25,26)19-8-6-12-28-19/h6,8,12-14,17,21H,4-5,7,9-11H2,1-3H3. The average Bonchev–Trinajstić information content (AvgIpc) is 3.23. The number of nitrogens with one attached hydrogen (secondary N) is 1. The molecule has 2 heterocycles. The summed E-state index contributed by atoms with van der Waals surface area (Å²) in [5.74, 6) is 0.672. The Morgan fingerprint density at radius 1 is 1.17 bits per heavy atom. The molecule has 1 fully saturated rings. The molecule has 1 aromatic heterocycles. The quantitative estimate of drug-likeness (QED) is 0.636. The highest BCUT2D eigenvalue weighted by Crippen LogP contribution is 2.29. The third kappa shape index (κ3) is 4.88. The number of benzene rings is 1. The van der Waals surface area contributed by atoms with E-state index in [2.05, 4.69) is 4.72 Å². The van der Waals surface area contributed by atoms with Gasteiger partial charge in [-0.05, 0) is 67.8 Å². The average molecular weight is 473 g/mol. The minimum atomic E-state index is -3.70. The lowest BCUT2D eigenvalue weighted by Gasteiger charge is -2.34. The van der Waals surface area contributed by atoms with Gasteiger partial charge < -0.3 is 4.74 Å². The number of hydrogen-bond acceptors (Lipinski definition) is 6. The zero-order valence-electron chi connectivity index (χ0n) is 17.4. The molecule has 1 aromatic carbocycles. The summed E-state index contributed by atoms with van der Waals surface area (Å²) >= 11 is 1.21. The second-order valence-electron chi connectivity index (χ2n) is 7.47. The van der Waals surface area contributed by atoms with Gasteiger partial charge in [0.15, 0.2) is 0 Å². The normalized spacial score (nSPS) is 18.4. The van der Waals surface area contributed by atoms with Crippen LogP contribution in [0.25, 0.3) is 0 Å². The van der Waals surface area contributed by atoms with Gasteiger partial charge in [-0.1, -0.05) is 12.5 Å². The molecule has 2 aromatic rings. The van der Waals surface area contributed by atoms with Gasteiger partial charge in [-0.2, -0.15) is 4.31 Å². The van der Waals surface area contributed by atoms with Crippen LogP contribution in [0, 0.1) is 13.8 Å². The fraction of sp³-hybridized carbons (Fsp3) is 0.500. The monoisotopic (exact) mass is 472 g/mol. The van der Waals surface area contributed by atoms with Crippen LogP contribution in [0.3, 0.4) is 0 Å². The number of aryl methyl sites for hydroxylation is 2. The Labute approximate surface area is 183 Å². The SMILES string of the molecule is COc1c(C)cc(S(=O)(=O)NCCC2CCCCN2S(=O)(=O)c2cccs2)cc1C. The van der Waals surface area contributed by atoms with Crippen LogP contribution in [0.15, 0.2) is 38.8 Å². The Kier molecular flexibility index (Phi) is 7.24. The summed E-state index contributed by atoms with van der Waals surface area (Å²) in [7, 11) is -5.69. The first-order valence-electron chi connectivity index (χ1n) is 9.87. The van der Waals surface area contributed by atoms with E-state index in [0.717, 1.165) is 30.4 Å². The summed E-state index contributed by atoms with van der Waals surface area (Å²) in [6.45, 7) is 4.25. The van der Waals surface area contributed by atoms with E-state index in [-0.39, 0.29) is 17.5 Å². The first-order chi connectivity index (χ1) is 14.2. The van der Waals surface area contributed by atoms with Gasteiger partial charge in [-0.15, -0.1) is 11.3 Å². The molecule has 0 saturated carbocycles. The lowest BCUT2D eigenvalue weighted by Crippen LogP contribution is -2.44. The second kappa shape index (κ2) is 9.35. The topological polar surface area (TPSA) is 92.8 Å². The maximum Gasteiger partial charge on any atom is 0.252 e. The van der Waals surface area contributed by atoms with Crippen LogP contribution in [-0.4, -0.2) is 47.4 Å². The molecule has 0 radical (unpaired) electrons. The molecule has 10 heteroatoms. The van der Waals surface area contributed by atoms with Crippen LogP contribution in [0.1, 0.15) is 36.8 Å². The van der Waals surface area contributed by atoms with Gasteiger partial charge in [0, 0.05) is 19.1 Å². The summed E-state index contributed by atoms with van der Waals surface area (Å²) in [6, 6.07) is 6.30. The molecule has 0 aliphatic carbocycles. The summed E-state index contributed by atoms with van der Waals surface area (Å²) in [4.78, 5) is 0.185. The van der Waals surface area contributed by atoms with Crippen LogP contribution < -0.4 is 9.46 Å². The van der Waals surface area contributed by atoms with Crippen LogP contribution >= 0.6 is 11.3 Å². The summed E-state index contributed by atoms with van der Waals surface area (Å²) < 4.78 is 61.3. The first kappa shape index (κ1) is 23.2. The maximum atomic E-state index is 13.0. The molecule has 1 aliphatic heterocycles. The number of sulfonamides is 2. The van der Waals surface area contributed by atoms with Crippen molar-refractivity contribution < 1.29 is 21.6 Å². The number of piperidine rings is 1. The summed E-state index contributed by atoms with van der Waals surface area (Å²) in [6.07, 6.45) is 2.91. The van der Waals surface area contributed by atoms with Crippen molar-refractivity contribution in [2.75, 3.05) is 20.2 Å². The molecule has 1 unspecified atom stereocenters. The molecule has 1 aliphatic rings. The molecule has 7 nitrogen and oxygen atoms in total. The zero-order chi connectivity index (χ0) is 21.9. The Hall–Kier alpha value is -1.46. The third-order valence-corrected chi connectivity index (χ3v) is 10.1. The number of thiophene rings is 1. The Balaban J connectivity index is 1.70. The van der Waals surface area contributed by atoms with Gasteiger partial charge in [0.1, 0.15) is 9.96 Å². The first-order valence-corrected chi connectivity index (χ1v) is 13.7. The van der Waals surface area contributed by atoms with E-state index in [1.807, 2.05) is 0 Å². The summed E-state index contributed by atoms with van der Waals surface area (Å²) in [5, 5.41) is 1.75. The Morgan fingerprint density at radius 2 is 1.87 bits per heavy atom. The van der Waals surface area contributed by atoms with Crippen molar-refractivity contribution in [2.45, 2.75) is 54.7 Å². The van der Waals surface area contributed by atoms with Gasteiger partial charge in [-0.3, -0.25) is 0 Å². The lowest BCUT2D eigenvalue weighted by molar-refractivity contribution is 0.242. The van der Waals surface area contributed by atoms with Crippen molar-refractivity contribution in [2.24, 2.45) is 0 Å². The Bertz CT molecular complexity index is 1060. The fourth-order valence-corrected chi connectivity index (χ4v) is 8.00. The highest BCUT2D eigenvalue weighted by molar-refractivity contribution is 7.91. The van der Waals surface area contributed by atoms with Crippen molar-refractivity contribution >= 4 is 31.4 Å². The maximum absolute atomic E-state index is 13.0. The molecule has 0 bridgehead atoms. The van der Waals surface area contributed by atoms with E-state index in [0.29, 0.717) is 22.9 Å². The highest BCUT2D eigenvalue weighted by atomic mass is 32.2. The van der Waals surface area contributed by atoms with Crippen molar-refractivity contribution in [3.8, 4) is 5.75 Å². The van der Waals surface area contributed by atoms with Crippen molar-refractivity contribution in [1.82, 2.24) is 9.03 Å². The highest BCUT2D eigenvalue weighted by Gasteiger charge is 2.34. The molecular formula is C20H28N2O5S3. The molecule has 30 heavy (non-hydrogen) atoms. The van der Waals surface area contributed by atoms with Gasteiger partial charge in [0.2, 0.25) is 10.0 Å². The van der Waals surface area contributed by atoms with Crippen molar-refractivity contribution in [3.05, 3.63) is 40.8 Å². The molecule has 1 N–H and O–H groups in total. The van der Waals surface area contributed by atoms with Crippen LogP contribution in [-0.2, 0) is 20.0 Å². The minimum Gasteiger partial charge on any atom is -0.496 e. The smallest absolute Gasteiger partial charge is 0.252 e. The van der Waals surface area contributed by atoms with Crippen molar-refractivity contribution in [1.29, 1.82) is 0 Å². The molecule has 3 rings (SSSR count). The number of nitrogens with zero attached hydrogens (tertiary/aromatic N) is 1. The summed E-state index contributed by atoms with van der Waals surface area (Å²) in [5.41, 5.74) is 1.50. The molecular weight excluding hydrogens is 444 g/mol. The van der Waals surface area contributed by atoms with Crippen LogP contribution in [0.2, 0.25) is 0 Å². The molecule has 1 saturated heterocycles. The van der Waals surface area contributed by atoms with Gasteiger partial charge in [0.25, 0.3) is 10.0 Å². The third-order valence-electron chi connectivity index (χ3n) is 5.35. The van der Waals surface area contributed by atoms with Gasteiger partial charge in [-0.25, -0.2) is 21.6 Å². The minimum absolute atomic E-state index is 0.174. The van der Waals surface area contributed by atoms with Gasteiger partial charge >= 0.3 is 0 Å². The molecule has 1 atom stereocenters. The van der Waals surface area contributed by atoms with E-state index in [4.69, 9.17) is 4.74 Å². The van der Waals surface area contributed by atoms with Crippen molar-refractivity contribution in [3.63, 3.8) is 0 Å². The van der Waals surface area contributed by atoms with E-state index >= 15 is 0 Å². The molecule has 0 amide bonds. The molecule has 0 spiro atoms. The fourth-order valence-electron chi connectivity index (χ4n) is 3.94. The predicted octanol–water partition coefficient (Wildman–Crippen LogP) is 3.29. The predicted molar refractivity (Wildman–Crippen MR) is 118 cm³/mol. The van der Waals surface area contributed by atoms with Crippen LogP contribution in [0.5, 0.6) is 5.75 Å². The van der Waals surface area contributed by atoms with E-state index < -0.39 is 20.0 Å². The zero-order valence-corrected chi connectivity index (χ0v) is 19.9.